The predicted octanol–water partition coefficient (Wildman–Crippen LogP) is 3.69. The van der Waals surface area contributed by atoms with Crippen LogP contribution in [0.1, 0.15) is 19.3 Å². The first-order chi connectivity index (χ1) is 7.65. The molecule has 2 nitrogen and oxygen atoms in total. The van der Waals surface area contributed by atoms with Gasteiger partial charge >= 0.3 is 0 Å². The van der Waals surface area contributed by atoms with E-state index < -0.39 is 0 Å². The lowest BCUT2D eigenvalue weighted by atomic mass is 10.0. The van der Waals surface area contributed by atoms with Gasteiger partial charge in [0.25, 0.3) is 0 Å². The Morgan fingerprint density at radius 3 is 2.88 bits per heavy atom. The lowest BCUT2D eigenvalue weighted by molar-refractivity contribution is 0.553. The van der Waals surface area contributed by atoms with Gasteiger partial charge in [-0.05, 0) is 31.0 Å². The maximum Gasteiger partial charge on any atom is 0.146 e. The second-order valence-electron chi connectivity index (χ2n) is 4.31. The van der Waals surface area contributed by atoms with E-state index >= 15 is 0 Å². The molecule has 1 fully saturated rings. The molecule has 1 aromatic carbocycles. The molecule has 0 aliphatic heterocycles. The van der Waals surface area contributed by atoms with Crippen molar-refractivity contribution >= 4 is 21.6 Å². The van der Waals surface area contributed by atoms with Crippen LogP contribution in [0.5, 0.6) is 0 Å². The van der Waals surface area contributed by atoms with Gasteiger partial charge in [0.15, 0.2) is 0 Å². The standard InChI is InChI=1S/C12H12BrFN2/c13-9-1-2-10(14)11(7-9)16-8-12(3-4-12)5-6-15/h1-2,7,16H,3-5,8H2. The number of anilines is 1. The molecule has 0 unspecified atom stereocenters. The molecule has 16 heavy (non-hydrogen) atoms. The number of hydrogen-bond donors (Lipinski definition) is 1. The molecule has 2 rings (SSSR count). The summed E-state index contributed by atoms with van der Waals surface area (Å²) in [5, 5.41) is 11.8. The summed E-state index contributed by atoms with van der Waals surface area (Å²) in [6.07, 6.45) is 2.67. The normalized spacial score (nSPS) is 16.6. The van der Waals surface area contributed by atoms with Crippen LogP contribution in [0, 0.1) is 22.6 Å². The quantitative estimate of drug-likeness (QED) is 0.914. The minimum atomic E-state index is -0.254. The first-order valence-corrected chi connectivity index (χ1v) is 6.00. The zero-order valence-electron chi connectivity index (χ0n) is 8.76. The maximum absolute atomic E-state index is 13.4. The van der Waals surface area contributed by atoms with Crippen molar-refractivity contribution in [3.63, 3.8) is 0 Å². The molecule has 84 valence electrons. The van der Waals surface area contributed by atoms with Gasteiger partial charge in [0, 0.05) is 22.9 Å². The highest BCUT2D eigenvalue weighted by atomic mass is 79.9. The third-order valence-corrected chi connectivity index (χ3v) is 3.49. The maximum atomic E-state index is 13.4. The number of nitrogens with one attached hydrogen (secondary N) is 1. The Balaban J connectivity index is 2.00. The van der Waals surface area contributed by atoms with E-state index in [1.807, 2.05) is 0 Å². The van der Waals surface area contributed by atoms with Gasteiger partial charge in [-0.2, -0.15) is 5.26 Å². The summed E-state index contributed by atoms with van der Waals surface area (Å²) >= 11 is 3.30. The third kappa shape index (κ3) is 2.53. The molecule has 0 spiro atoms. The topological polar surface area (TPSA) is 35.8 Å². The van der Waals surface area contributed by atoms with Crippen molar-refractivity contribution in [1.29, 1.82) is 5.26 Å². The van der Waals surface area contributed by atoms with Crippen molar-refractivity contribution in [2.24, 2.45) is 5.41 Å². The van der Waals surface area contributed by atoms with Crippen molar-refractivity contribution in [3.8, 4) is 6.07 Å². The molecule has 1 saturated carbocycles. The van der Waals surface area contributed by atoms with Gasteiger partial charge in [0.05, 0.1) is 11.8 Å². The van der Waals surface area contributed by atoms with Crippen LogP contribution in [-0.2, 0) is 0 Å². The number of halogens is 2. The van der Waals surface area contributed by atoms with E-state index in [1.165, 1.54) is 6.07 Å². The van der Waals surface area contributed by atoms with Crippen molar-refractivity contribution in [1.82, 2.24) is 0 Å². The highest BCUT2D eigenvalue weighted by molar-refractivity contribution is 9.10. The number of nitriles is 1. The van der Waals surface area contributed by atoms with Gasteiger partial charge in [0.2, 0.25) is 0 Å². The van der Waals surface area contributed by atoms with Crippen molar-refractivity contribution in [2.45, 2.75) is 19.3 Å². The second-order valence-corrected chi connectivity index (χ2v) is 5.23. The molecule has 0 aromatic heterocycles. The molecule has 0 radical (unpaired) electrons. The Bertz CT molecular complexity index is 435. The smallest absolute Gasteiger partial charge is 0.146 e. The fourth-order valence-electron chi connectivity index (χ4n) is 1.68. The summed E-state index contributed by atoms with van der Waals surface area (Å²) in [6, 6.07) is 7.01. The van der Waals surface area contributed by atoms with Crippen molar-refractivity contribution in [3.05, 3.63) is 28.5 Å². The summed E-state index contributed by atoms with van der Waals surface area (Å²) < 4.78 is 14.3. The lowest BCUT2D eigenvalue weighted by Crippen LogP contribution is -2.15. The Kier molecular flexibility index (Phi) is 3.15. The Morgan fingerprint density at radius 2 is 2.25 bits per heavy atom. The van der Waals surface area contributed by atoms with Crippen LogP contribution in [0.15, 0.2) is 22.7 Å². The van der Waals surface area contributed by atoms with Gasteiger partial charge in [-0.15, -0.1) is 0 Å². The van der Waals surface area contributed by atoms with Crippen molar-refractivity contribution in [2.75, 3.05) is 11.9 Å². The molecular weight excluding hydrogens is 271 g/mol. The molecule has 0 atom stereocenters. The number of nitrogens with zero attached hydrogens (tertiary/aromatic N) is 1. The molecule has 1 N–H and O–H groups in total. The summed E-state index contributed by atoms with van der Waals surface area (Å²) in [4.78, 5) is 0. The molecule has 0 bridgehead atoms. The van der Waals surface area contributed by atoms with Gasteiger partial charge < -0.3 is 5.32 Å². The van der Waals surface area contributed by atoms with E-state index in [9.17, 15) is 4.39 Å². The molecule has 0 amide bonds. The highest BCUT2D eigenvalue weighted by Crippen LogP contribution is 2.48. The number of hydrogen-bond acceptors (Lipinski definition) is 2. The van der Waals surface area contributed by atoms with Crippen LogP contribution < -0.4 is 5.32 Å². The Morgan fingerprint density at radius 1 is 1.50 bits per heavy atom. The molecule has 0 saturated heterocycles. The first-order valence-electron chi connectivity index (χ1n) is 5.21. The van der Waals surface area contributed by atoms with Crippen LogP contribution in [0.4, 0.5) is 10.1 Å². The average molecular weight is 283 g/mol. The lowest BCUT2D eigenvalue weighted by Gasteiger charge is -2.14. The van der Waals surface area contributed by atoms with E-state index in [0.29, 0.717) is 18.7 Å². The van der Waals surface area contributed by atoms with Crippen LogP contribution in [0.3, 0.4) is 0 Å². The van der Waals surface area contributed by atoms with E-state index in [-0.39, 0.29) is 11.2 Å². The minimum Gasteiger partial charge on any atom is -0.382 e. The summed E-state index contributed by atoms with van der Waals surface area (Å²) in [5.74, 6) is -0.254. The third-order valence-electron chi connectivity index (χ3n) is 2.99. The Labute approximate surface area is 103 Å². The predicted molar refractivity (Wildman–Crippen MR) is 64.5 cm³/mol. The van der Waals surface area contributed by atoms with Crippen LogP contribution in [0.2, 0.25) is 0 Å². The first kappa shape index (κ1) is 11.4. The number of rotatable bonds is 4. The largest absolute Gasteiger partial charge is 0.382 e. The molecule has 4 heteroatoms. The van der Waals surface area contributed by atoms with E-state index in [4.69, 9.17) is 5.26 Å². The van der Waals surface area contributed by atoms with E-state index in [2.05, 4.69) is 27.3 Å². The average Bonchev–Trinajstić information content (AvgIpc) is 3.01. The van der Waals surface area contributed by atoms with Crippen molar-refractivity contribution < 1.29 is 4.39 Å². The SMILES string of the molecule is N#CCC1(CNc2cc(Br)ccc2F)CC1. The number of benzene rings is 1. The summed E-state index contributed by atoms with van der Waals surface area (Å²) in [6.45, 7) is 0.675. The highest BCUT2D eigenvalue weighted by Gasteiger charge is 2.42. The van der Waals surface area contributed by atoms with E-state index in [1.54, 1.807) is 12.1 Å². The molecule has 1 aromatic rings. The second kappa shape index (κ2) is 4.42. The summed E-state index contributed by atoms with van der Waals surface area (Å²) in [5.41, 5.74) is 0.586. The van der Waals surface area contributed by atoms with Crippen LogP contribution in [-0.4, -0.2) is 6.54 Å². The van der Waals surface area contributed by atoms with Gasteiger partial charge in [-0.3, -0.25) is 0 Å². The van der Waals surface area contributed by atoms with Gasteiger partial charge in [-0.25, -0.2) is 4.39 Å². The zero-order chi connectivity index (χ0) is 11.6. The van der Waals surface area contributed by atoms with Crippen LogP contribution in [0.25, 0.3) is 0 Å². The van der Waals surface area contributed by atoms with Gasteiger partial charge in [-0.1, -0.05) is 15.9 Å². The molecule has 1 aliphatic rings. The van der Waals surface area contributed by atoms with Gasteiger partial charge in [0.1, 0.15) is 5.82 Å². The minimum absolute atomic E-state index is 0.0868. The molecule has 1 aliphatic carbocycles. The Hall–Kier alpha value is -1.08. The van der Waals surface area contributed by atoms with E-state index in [0.717, 1.165) is 17.3 Å². The molecule has 0 heterocycles. The monoisotopic (exact) mass is 282 g/mol. The van der Waals surface area contributed by atoms with Crippen LogP contribution >= 0.6 is 15.9 Å². The fraction of sp³-hybridized carbons (Fsp3) is 0.417. The fourth-order valence-corrected chi connectivity index (χ4v) is 2.04. The summed E-state index contributed by atoms with van der Waals surface area (Å²) in [7, 11) is 0. The molecular formula is C12H12BrFN2. The zero-order valence-corrected chi connectivity index (χ0v) is 10.3.